The highest BCUT2D eigenvalue weighted by Gasteiger charge is 2.45. The number of ether oxygens (including phenoxy) is 3. The highest BCUT2D eigenvalue weighted by molar-refractivity contribution is 5.95. The zero-order valence-electron chi connectivity index (χ0n) is 16.0. The summed E-state index contributed by atoms with van der Waals surface area (Å²) in [6, 6.07) is 0. The van der Waals surface area contributed by atoms with E-state index in [1.807, 2.05) is 0 Å². The molecule has 8 heteroatoms. The van der Waals surface area contributed by atoms with Gasteiger partial charge in [-0.1, -0.05) is 19.3 Å². The molecule has 3 rings (SSSR count). The number of carbonyl (C=O) groups is 2. The number of aromatic nitrogens is 1. The first-order chi connectivity index (χ1) is 13.2. The van der Waals surface area contributed by atoms with Gasteiger partial charge in [-0.15, -0.1) is 0 Å². The van der Waals surface area contributed by atoms with Gasteiger partial charge in [-0.3, -0.25) is 9.59 Å². The average Bonchev–Trinajstić information content (AvgIpc) is 3.21. The quantitative estimate of drug-likeness (QED) is 0.548. The predicted molar refractivity (Wildman–Crippen MR) is 96.4 cm³/mol. The molecule has 1 aliphatic carbocycles. The molecule has 150 valence electrons. The smallest absolute Gasteiger partial charge is 0.320 e. The maximum absolute atomic E-state index is 12.5. The van der Waals surface area contributed by atoms with Gasteiger partial charge in [0.25, 0.3) is 0 Å². The van der Waals surface area contributed by atoms with Crippen LogP contribution >= 0.6 is 0 Å². The molecule has 0 spiro atoms. The molecular weight excluding hydrogens is 352 g/mol. The third-order valence-electron chi connectivity index (χ3n) is 5.55. The van der Waals surface area contributed by atoms with Gasteiger partial charge in [0.05, 0.1) is 39.5 Å². The van der Waals surface area contributed by atoms with E-state index in [4.69, 9.17) is 18.6 Å². The van der Waals surface area contributed by atoms with Crippen molar-refractivity contribution in [2.24, 2.45) is 11.8 Å². The maximum atomic E-state index is 12.5. The first-order valence-corrected chi connectivity index (χ1v) is 9.59. The second-order valence-electron chi connectivity index (χ2n) is 7.08. The van der Waals surface area contributed by atoms with Crippen molar-refractivity contribution in [1.82, 2.24) is 4.98 Å². The topological polar surface area (TPSA) is 91.1 Å². The Kier molecular flexibility index (Phi) is 6.71. The fraction of sp³-hybridized carbons (Fsp3) is 0.737. The van der Waals surface area contributed by atoms with Crippen LogP contribution in [0.25, 0.3) is 0 Å². The van der Waals surface area contributed by atoms with E-state index in [1.54, 1.807) is 6.20 Å². The van der Waals surface area contributed by atoms with E-state index in [9.17, 15) is 9.59 Å². The minimum atomic E-state index is -1.07. The monoisotopic (exact) mass is 380 g/mol. The van der Waals surface area contributed by atoms with Crippen LogP contribution in [0.5, 0.6) is 0 Å². The lowest BCUT2D eigenvalue weighted by atomic mass is 9.74. The Balaban J connectivity index is 1.92. The largest absolute Gasteiger partial charge is 0.468 e. The molecule has 2 fully saturated rings. The summed E-state index contributed by atoms with van der Waals surface area (Å²) >= 11 is 0. The first kappa shape index (κ1) is 19.7. The summed E-state index contributed by atoms with van der Waals surface area (Å²) in [6.07, 6.45) is 6.80. The van der Waals surface area contributed by atoms with Crippen LogP contribution in [0.2, 0.25) is 0 Å². The number of nitrogens with zero attached hydrogens (tertiary/aromatic N) is 2. The number of oxazole rings is 1. The highest BCUT2D eigenvalue weighted by Crippen LogP contribution is 2.42. The Hall–Kier alpha value is -2.09. The van der Waals surface area contributed by atoms with Crippen LogP contribution < -0.4 is 4.90 Å². The molecule has 1 saturated heterocycles. The van der Waals surface area contributed by atoms with Gasteiger partial charge in [-0.05, 0) is 18.8 Å². The number of carbonyl (C=O) groups excluding carboxylic acids is 2. The van der Waals surface area contributed by atoms with Crippen LogP contribution in [0.4, 0.5) is 5.88 Å². The van der Waals surface area contributed by atoms with E-state index in [0.29, 0.717) is 25.0 Å². The third-order valence-corrected chi connectivity index (χ3v) is 5.55. The minimum Gasteiger partial charge on any atom is -0.468 e. The lowest BCUT2D eigenvalue weighted by Gasteiger charge is -2.31. The molecule has 1 aromatic heterocycles. The highest BCUT2D eigenvalue weighted by atomic mass is 16.5. The average molecular weight is 380 g/mol. The second kappa shape index (κ2) is 9.21. The van der Waals surface area contributed by atoms with Crippen LogP contribution in [0, 0.1) is 11.8 Å². The molecule has 0 amide bonds. The van der Waals surface area contributed by atoms with Gasteiger partial charge >= 0.3 is 11.9 Å². The Labute approximate surface area is 159 Å². The molecule has 0 radical (unpaired) electrons. The lowest BCUT2D eigenvalue weighted by Crippen LogP contribution is -2.37. The Bertz CT molecular complexity index is 618. The molecule has 0 unspecified atom stereocenters. The molecule has 0 aromatic carbocycles. The maximum Gasteiger partial charge on any atom is 0.320 e. The summed E-state index contributed by atoms with van der Waals surface area (Å²) < 4.78 is 21.3. The molecule has 1 aromatic rings. The number of hydrogen-bond acceptors (Lipinski definition) is 8. The van der Waals surface area contributed by atoms with Crippen LogP contribution in [0.1, 0.15) is 43.9 Å². The number of hydrogen-bond donors (Lipinski definition) is 0. The standard InChI is InChI=1S/C19H28N2O6/c1-24-18(22)16(19(23)25-2)15(13-6-4-3-5-7-13)17-20-12-14(27-17)21-8-10-26-11-9-21/h12-13,15-16H,3-11H2,1-2H3/t15-/m0/s1. The van der Waals surface area contributed by atoms with E-state index < -0.39 is 23.8 Å². The van der Waals surface area contributed by atoms with Crippen molar-refractivity contribution in [1.29, 1.82) is 0 Å². The summed E-state index contributed by atoms with van der Waals surface area (Å²) in [5.74, 6) is -1.60. The van der Waals surface area contributed by atoms with Crippen molar-refractivity contribution in [2.75, 3.05) is 45.4 Å². The zero-order valence-corrected chi connectivity index (χ0v) is 16.0. The van der Waals surface area contributed by atoms with E-state index in [-0.39, 0.29) is 5.92 Å². The Morgan fingerprint density at radius 1 is 1.11 bits per heavy atom. The summed E-state index contributed by atoms with van der Waals surface area (Å²) in [6.45, 7) is 2.71. The number of methoxy groups -OCH3 is 2. The van der Waals surface area contributed by atoms with Gasteiger partial charge in [0, 0.05) is 13.1 Å². The van der Waals surface area contributed by atoms with Crippen molar-refractivity contribution in [3.05, 3.63) is 12.1 Å². The van der Waals surface area contributed by atoms with E-state index >= 15 is 0 Å². The molecule has 1 saturated carbocycles. The molecule has 0 bridgehead atoms. The van der Waals surface area contributed by atoms with Crippen molar-refractivity contribution < 1.29 is 28.2 Å². The van der Waals surface area contributed by atoms with Crippen molar-refractivity contribution in [3.8, 4) is 0 Å². The fourth-order valence-corrected chi connectivity index (χ4v) is 4.12. The lowest BCUT2D eigenvalue weighted by molar-refractivity contribution is -0.161. The van der Waals surface area contributed by atoms with Gasteiger partial charge in [0.1, 0.15) is 0 Å². The zero-order chi connectivity index (χ0) is 19.2. The van der Waals surface area contributed by atoms with Gasteiger partial charge in [0.2, 0.25) is 11.8 Å². The molecule has 1 atom stereocenters. The number of anilines is 1. The van der Waals surface area contributed by atoms with Crippen molar-refractivity contribution in [3.63, 3.8) is 0 Å². The fourth-order valence-electron chi connectivity index (χ4n) is 4.12. The van der Waals surface area contributed by atoms with Gasteiger partial charge < -0.3 is 23.5 Å². The number of morpholine rings is 1. The Morgan fingerprint density at radius 3 is 2.33 bits per heavy atom. The van der Waals surface area contributed by atoms with E-state index in [2.05, 4.69) is 9.88 Å². The van der Waals surface area contributed by atoms with Gasteiger partial charge in [0.15, 0.2) is 5.92 Å². The molecule has 1 aliphatic heterocycles. The van der Waals surface area contributed by atoms with Crippen molar-refractivity contribution >= 4 is 17.8 Å². The SMILES string of the molecule is COC(=O)C(C(=O)OC)[C@@H](c1ncc(N2CCOCC2)o1)C1CCCCC1. The molecule has 2 heterocycles. The van der Waals surface area contributed by atoms with Gasteiger partial charge in [-0.25, -0.2) is 4.98 Å². The van der Waals surface area contributed by atoms with Crippen LogP contribution in [-0.2, 0) is 23.8 Å². The first-order valence-electron chi connectivity index (χ1n) is 9.59. The molecular formula is C19H28N2O6. The number of rotatable bonds is 6. The van der Waals surface area contributed by atoms with Crippen LogP contribution in [0.3, 0.4) is 0 Å². The van der Waals surface area contributed by atoms with E-state index in [0.717, 1.165) is 45.2 Å². The summed E-state index contributed by atoms with van der Waals surface area (Å²) in [4.78, 5) is 31.4. The van der Waals surface area contributed by atoms with Crippen molar-refractivity contribution in [2.45, 2.75) is 38.0 Å². The molecule has 27 heavy (non-hydrogen) atoms. The summed E-state index contributed by atoms with van der Waals surface area (Å²) in [5.41, 5.74) is 0. The molecule has 2 aliphatic rings. The van der Waals surface area contributed by atoms with E-state index in [1.165, 1.54) is 14.2 Å². The van der Waals surface area contributed by atoms with Crippen LogP contribution in [-0.4, -0.2) is 57.4 Å². The minimum absolute atomic E-state index is 0.123. The Morgan fingerprint density at radius 2 is 1.74 bits per heavy atom. The van der Waals surface area contributed by atoms with Crippen LogP contribution in [0.15, 0.2) is 10.6 Å². The normalized spacial score (nSPS) is 19.7. The second-order valence-corrected chi connectivity index (χ2v) is 7.08. The number of esters is 2. The third kappa shape index (κ3) is 4.43. The molecule has 8 nitrogen and oxygen atoms in total. The summed E-state index contributed by atoms with van der Waals surface area (Å²) in [7, 11) is 2.57. The summed E-state index contributed by atoms with van der Waals surface area (Å²) in [5, 5.41) is 0. The molecule has 0 N–H and O–H groups in total. The van der Waals surface area contributed by atoms with Gasteiger partial charge in [-0.2, -0.15) is 0 Å². The predicted octanol–water partition coefficient (Wildman–Crippen LogP) is 2.14.